The van der Waals surface area contributed by atoms with Crippen molar-refractivity contribution in [1.82, 2.24) is 4.98 Å². The van der Waals surface area contributed by atoms with E-state index in [-0.39, 0.29) is 23.7 Å². The van der Waals surface area contributed by atoms with Crippen molar-refractivity contribution in [1.29, 1.82) is 0 Å². The fourth-order valence-electron chi connectivity index (χ4n) is 1.87. The van der Waals surface area contributed by atoms with Crippen LogP contribution in [0.1, 0.15) is 27.7 Å². The Balaban J connectivity index is 2.15. The molecule has 0 radical (unpaired) electrons. The molecule has 0 saturated carbocycles. The van der Waals surface area contributed by atoms with Gasteiger partial charge < -0.3 is 0 Å². The quantitative estimate of drug-likeness (QED) is 0.462. The lowest BCUT2D eigenvalue weighted by molar-refractivity contribution is -0.483. The molecule has 0 N–H and O–H groups in total. The Labute approximate surface area is 114 Å². The third-order valence-corrected chi connectivity index (χ3v) is 3.56. The largest absolute Gasteiger partial charge is 0.291 e. The Morgan fingerprint density at radius 1 is 1.37 bits per heavy atom. The monoisotopic (exact) mass is 276 g/mol. The molecule has 0 aliphatic rings. The number of hydrogen-bond donors (Lipinski definition) is 0. The summed E-state index contributed by atoms with van der Waals surface area (Å²) in [6.45, 7) is -0.249. The van der Waals surface area contributed by atoms with Crippen molar-refractivity contribution < 1.29 is 9.72 Å². The van der Waals surface area contributed by atoms with Gasteiger partial charge in [-0.1, -0.05) is 30.3 Å². The van der Waals surface area contributed by atoms with E-state index in [1.54, 1.807) is 11.6 Å². The van der Waals surface area contributed by atoms with E-state index in [1.165, 1.54) is 11.3 Å². The van der Waals surface area contributed by atoms with Crippen LogP contribution in [0.5, 0.6) is 0 Å². The molecule has 1 atom stereocenters. The molecule has 2 aromatic rings. The van der Waals surface area contributed by atoms with Crippen LogP contribution < -0.4 is 0 Å². The van der Waals surface area contributed by atoms with Gasteiger partial charge >= 0.3 is 0 Å². The van der Waals surface area contributed by atoms with Crippen molar-refractivity contribution >= 4 is 17.1 Å². The molecule has 0 aliphatic heterocycles. The molecule has 19 heavy (non-hydrogen) atoms. The van der Waals surface area contributed by atoms with E-state index in [0.29, 0.717) is 5.01 Å². The Kier molecular flexibility index (Phi) is 4.35. The number of benzene rings is 1. The first-order chi connectivity index (χ1) is 9.16. The number of ketones is 1. The van der Waals surface area contributed by atoms with Crippen molar-refractivity contribution in [3.63, 3.8) is 0 Å². The Morgan fingerprint density at radius 3 is 2.68 bits per heavy atom. The molecule has 0 saturated heterocycles. The zero-order chi connectivity index (χ0) is 13.7. The molecule has 0 spiro atoms. The van der Waals surface area contributed by atoms with Crippen LogP contribution in [0.2, 0.25) is 0 Å². The molecule has 5 nitrogen and oxygen atoms in total. The van der Waals surface area contributed by atoms with Gasteiger partial charge in [-0.15, -0.1) is 11.3 Å². The summed E-state index contributed by atoms with van der Waals surface area (Å²) in [4.78, 5) is 26.3. The van der Waals surface area contributed by atoms with Crippen molar-refractivity contribution in [2.45, 2.75) is 12.3 Å². The van der Waals surface area contributed by atoms with E-state index < -0.39 is 5.92 Å². The van der Waals surface area contributed by atoms with E-state index in [2.05, 4.69) is 4.98 Å². The first kappa shape index (κ1) is 13.4. The number of aromatic nitrogens is 1. The molecular formula is C13H12N2O3S. The first-order valence-electron chi connectivity index (χ1n) is 5.76. The fraction of sp³-hybridized carbons (Fsp3) is 0.231. The second kappa shape index (κ2) is 6.19. The number of rotatable bonds is 6. The summed E-state index contributed by atoms with van der Waals surface area (Å²) in [6, 6.07) is 9.09. The predicted molar refractivity (Wildman–Crippen MR) is 72.1 cm³/mol. The second-order valence-electron chi connectivity index (χ2n) is 4.09. The highest BCUT2D eigenvalue weighted by Gasteiger charge is 2.23. The molecule has 6 heteroatoms. The van der Waals surface area contributed by atoms with Crippen LogP contribution in [-0.2, 0) is 0 Å². The third kappa shape index (κ3) is 3.69. The van der Waals surface area contributed by atoms with Gasteiger partial charge in [0.2, 0.25) is 6.54 Å². The van der Waals surface area contributed by atoms with Gasteiger partial charge in [0.05, 0.1) is 5.92 Å². The number of hydrogen-bond acceptors (Lipinski definition) is 5. The van der Waals surface area contributed by atoms with E-state index in [4.69, 9.17) is 0 Å². The maximum absolute atomic E-state index is 12.0. The fourth-order valence-corrected chi connectivity index (χ4v) is 2.45. The zero-order valence-electron chi connectivity index (χ0n) is 10.1. The topological polar surface area (TPSA) is 73.1 Å². The maximum Gasteiger partial charge on any atom is 0.211 e. The van der Waals surface area contributed by atoms with E-state index in [1.807, 2.05) is 30.3 Å². The van der Waals surface area contributed by atoms with E-state index in [9.17, 15) is 14.9 Å². The standard InChI is InChI=1S/C13H12N2O3S/c16-12(13-14-6-7-19-13)8-11(9-15(17)18)10-4-2-1-3-5-10/h1-7,11H,8-9H2/t11-/m0/s1. The normalized spacial score (nSPS) is 12.0. The molecule has 1 aromatic heterocycles. The highest BCUT2D eigenvalue weighted by molar-refractivity contribution is 7.11. The zero-order valence-corrected chi connectivity index (χ0v) is 10.9. The Bertz CT molecular complexity index is 555. The van der Waals surface area contributed by atoms with Gasteiger partial charge in [0.15, 0.2) is 10.8 Å². The van der Waals surface area contributed by atoms with Gasteiger partial charge in [-0.3, -0.25) is 14.9 Å². The SMILES string of the molecule is O=C(C[C@@H](C[N+](=O)[O-])c1ccccc1)c1nccs1. The van der Waals surface area contributed by atoms with Crippen molar-refractivity contribution in [3.05, 3.63) is 62.6 Å². The second-order valence-corrected chi connectivity index (χ2v) is 4.98. The molecule has 0 fully saturated rings. The van der Waals surface area contributed by atoms with Crippen LogP contribution >= 0.6 is 11.3 Å². The minimum Gasteiger partial charge on any atom is -0.291 e. The molecule has 98 valence electrons. The molecule has 0 unspecified atom stereocenters. The van der Waals surface area contributed by atoms with Crippen LogP contribution in [0.15, 0.2) is 41.9 Å². The molecule has 0 amide bonds. The predicted octanol–water partition coefficient (Wildman–Crippen LogP) is 2.78. The number of nitrogens with zero attached hydrogens (tertiary/aromatic N) is 2. The number of nitro groups is 1. The van der Waals surface area contributed by atoms with Crippen molar-refractivity contribution in [2.24, 2.45) is 0 Å². The highest BCUT2D eigenvalue weighted by atomic mass is 32.1. The average molecular weight is 276 g/mol. The third-order valence-electron chi connectivity index (χ3n) is 2.74. The van der Waals surface area contributed by atoms with Gasteiger partial charge in [0.25, 0.3) is 0 Å². The summed E-state index contributed by atoms with van der Waals surface area (Å²) in [5.74, 6) is -0.557. The lowest BCUT2D eigenvalue weighted by atomic mass is 9.94. The number of carbonyl (C=O) groups is 1. The Morgan fingerprint density at radius 2 is 2.11 bits per heavy atom. The summed E-state index contributed by atoms with van der Waals surface area (Å²) < 4.78 is 0. The van der Waals surface area contributed by atoms with Crippen LogP contribution in [0.4, 0.5) is 0 Å². The van der Waals surface area contributed by atoms with Crippen molar-refractivity contribution in [2.75, 3.05) is 6.54 Å². The molecule has 0 bridgehead atoms. The molecule has 1 aromatic carbocycles. The maximum atomic E-state index is 12.0. The number of carbonyl (C=O) groups excluding carboxylic acids is 1. The smallest absolute Gasteiger partial charge is 0.211 e. The van der Waals surface area contributed by atoms with Gasteiger partial charge in [-0.25, -0.2) is 4.98 Å². The van der Waals surface area contributed by atoms with Gasteiger partial charge in [0, 0.05) is 22.9 Å². The highest BCUT2D eigenvalue weighted by Crippen LogP contribution is 2.22. The lowest BCUT2D eigenvalue weighted by Crippen LogP contribution is -2.16. The van der Waals surface area contributed by atoms with Gasteiger partial charge in [-0.2, -0.15) is 0 Å². The van der Waals surface area contributed by atoms with Crippen LogP contribution in [0, 0.1) is 10.1 Å². The molecule has 1 heterocycles. The van der Waals surface area contributed by atoms with Crippen LogP contribution in [-0.4, -0.2) is 22.2 Å². The molecular weight excluding hydrogens is 264 g/mol. The average Bonchev–Trinajstić information content (AvgIpc) is 2.92. The van der Waals surface area contributed by atoms with Crippen molar-refractivity contribution in [3.8, 4) is 0 Å². The molecule has 2 rings (SSSR count). The Hall–Kier alpha value is -2.08. The van der Waals surface area contributed by atoms with Crippen LogP contribution in [0.25, 0.3) is 0 Å². The van der Waals surface area contributed by atoms with Gasteiger partial charge in [-0.05, 0) is 5.56 Å². The minimum absolute atomic E-state index is 0.110. The van der Waals surface area contributed by atoms with E-state index in [0.717, 1.165) is 5.56 Å². The summed E-state index contributed by atoms with van der Waals surface area (Å²) in [6.07, 6.45) is 1.67. The number of Topliss-reactive ketones (excluding diaryl/α,β-unsaturated/α-hetero) is 1. The van der Waals surface area contributed by atoms with E-state index >= 15 is 0 Å². The summed E-state index contributed by atoms with van der Waals surface area (Å²) in [5, 5.41) is 12.9. The summed E-state index contributed by atoms with van der Waals surface area (Å²) in [7, 11) is 0. The molecule has 0 aliphatic carbocycles. The summed E-state index contributed by atoms with van der Waals surface area (Å²) >= 11 is 1.26. The van der Waals surface area contributed by atoms with Crippen LogP contribution in [0.3, 0.4) is 0 Å². The van der Waals surface area contributed by atoms with Gasteiger partial charge in [0.1, 0.15) is 0 Å². The lowest BCUT2D eigenvalue weighted by Gasteiger charge is -2.11. The number of thiazole rings is 1. The summed E-state index contributed by atoms with van der Waals surface area (Å²) in [5.41, 5.74) is 0.809. The first-order valence-corrected chi connectivity index (χ1v) is 6.64. The minimum atomic E-state index is -0.410.